The van der Waals surface area contributed by atoms with E-state index in [1.54, 1.807) is 0 Å². The van der Waals surface area contributed by atoms with Crippen molar-refractivity contribution in [2.45, 2.75) is 12.8 Å². The minimum absolute atomic E-state index is 0.103. The zero-order chi connectivity index (χ0) is 15.6. The van der Waals surface area contributed by atoms with E-state index in [-0.39, 0.29) is 11.8 Å². The maximum Gasteiger partial charge on any atom is 0.224 e. The molecule has 3 N–H and O–H groups in total. The van der Waals surface area contributed by atoms with Crippen molar-refractivity contribution in [1.29, 1.82) is 0 Å². The first-order valence-corrected chi connectivity index (χ1v) is 8.06. The third-order valence-corrected chi connectivity index (χ3v) is 4.29. The van der Waals surface area contributed by atoms with Crippen LogP contribution in [0, 0.1) is 5.92 Å². The molecule has 122 valence electrons. The summed E-state index contributed by atoms with van der Waals surface area (Å²) in [7, 11) is 0. The minimum Gasteiger partial charge on any atom is -0.486 e. The number of rotatable bonds is 4. The number of carbonyl (C=O) groups is 1. The van der Waals surface area contributed by atoms with Gasteiger partial charge in [-0.3, -0.25) is 4.79 Å². The van der Waals surface area contributed by atoms with Crippen molar-refractivity contribution in [2.24, 2.45) is 5.92 Å². The van der Waals surface area contributed by atoms with Gasteiger partial charge in [-0.25, -0.2) is 4.98 Å². The molecule has 1 atom stereocenters. The van der Waals surface area contributed by atoms with Crippen LogP contribution in [0.4, 0.5) is 0 Å². The van der Waals surface area contributed by atoms with Crippen molar-refractivity contribution < 1.29 is 14.3 Å². The fraction of sp³-hybridized carbons (Fsp3) is 0.500. The van der Waals surface area contributed by atoms with Crippen molar-refractivity contribution in [1.82, 2.24) is 20.6 Å². The number of hydrogen-bond acceptors (Lipinski definition) is 5. The van der Waals surface area contributed by atoms with Gasteiger partial charge in [0, 0.05) is 31.6 Å². The van der Waals surface area contributed by atoms with Crippen LogP contribution in [-0.4, -0.2) is 48.7 Å². The van der Waals surface area contributed by atoms with E-state index in [1.807, 2.05) is 12.1 Å². The summed E-state index contributed by atoms with van der Waals surface area (Å²) in [6, 6.07) is 3.82. The van der Waals surface area contributed by atoms with E-state index < -0.39 is 0 Å². The molecule has 0 radical (unpaired) electrons. The molecule has 7 heteroatoms. The van der Waals surface area contributed by atoms with E-state index in [0.29, 0.717) is 26.2 Å². The number of carbonyl (C=O) groups excluding carboxylic acids is 1. The molecule has 1 amide bonds. The van der Waals surface area contributed by atoms with Crippen LogP contribution in [0.3, 0.4) is 0 Å². The highest BCUT2D eigenvalue weighted by Gasteiger charge is 2.21. The SMILES string of the molecule is O=C(NCCc1nc2cc3c(cc2[nH]1)OCCO3)[C@@H]1CCNC1. The molecular weight excluding hydrogens is 296 g/mol. The van der Waals surface area contributed by atoms with E-state index >= 15 is 0 Å². The van der Waals surface area contributed by atoms with Crippen molar-refractivity contribution in [3.63, 3.8) is 0 Å². The molecule has 0 spiro atoms. The number of aromatic nitrogens is 2. The molecule has 2 aliphatic rings. The van der Waals surface area contributed by atoms with Crippen LogP contribution in [0.25, 0.3) is 11.0 Å². The average molecular weight is 316 g/mol. The second-order valence-corrected chi connectivity index (χ2v) is 5.93. The lowest BCUT2D eigenvalue weighted by atomic mass is 10.1. The molecule has 2 aromatic rings. The molecule has 3 heterocycles. The van der Waals surface area contributed by atoms with Crippen LogP contribution in [0.1, 0.15) is 12.2 Å². The Morgan fingerprint density at radius 2 is 2.13 bits per heavy atom. The predicted molar refractivity (Wildman–Crippen MR) is 84.8 cm³/mol. The fourth-order valence-corrected chi connectivity index (χ4v) is 3.04. The second-order valence-electron chi connectivity index (χ2n) is 5.93. The molecule has 0 unspecified atom stereocenters. The Kier molecular flexibility index (Phi) is 3.78. The summed E-state index contributed by atoms with van der Waals surface area (Å²) in [6.07, 6.45) is 1.59. The van der Waals surface area contributed by atoms with E-state index in [1.165, 1.54) is 0 Å². The van der Waals surface area contributed by atoms with Gasteiger partial charge in [0.1, 0.15) is 19.0 Å². The number of nitrogens with one attached hydrogen (secondary N) is 3. The number of nitrogens with zero attached hydrogens (tertiary/aromatic N) is 1. The number of aromatic amines is 1. The van der Waals surface area contributed by atoms with E-state index in [4.69, 9.17) is 9.47 Å². The smallest absolute Gasteiger partial charge is 0.224 e. The summed E-state index contributed by atoms with van der Waals surface area (Å²) in [5.74, 6) is 2.58. The van der Waals surface area contributed by atoms with Crippen LogP contribution >= 0.6 is 0 Å². The molecule has 1 saturated heterocycles. The summed E-state index contributed by atoms with van der Waals surface area (Å²) in [5, 5.41) is 6.19. The molecule has 1 fully saturated rings. The molecular formula is C16H20N4O3. The molecule has 0 bridgehead atoms. The summed E-state index contributed by atoms with van der Waals surface area (Å²) >= 11 is 0. The number of fused-ring (bicyclic) bond motifs is 2. The summed E-state index contributed by atoms with van der Waals surface area (Å²) in [4.78, 5) is 19.8. The van der Waals surface area contributed by atoms with E-state index in [2.05, 4.69) is 20.6 Å². The number of hydrogen-bond donors (Lipinski definition) is 3. The number of amides is 1. The topological polar surface area (TPSA) is 88.3 Å². The van der Waals surface area contributed by atoms with Crippen LogP contribution in [0.15, 0.2) is 12.1 Å². The van der Waals surface area contributed by atoms with Gasteiger partial charge in [-0.2, -0.15) is 0 Å². The first kappa shape index (κ1) is 14.3. The summed E-state index contributed by atoms with van der Waals surface area (Å²) in [5.41, 5.74) is 1.78. The highest BCUT2D eigenvalue weighted by molar-refractivity contribution is 5.80. The zero-order valence-corrected chi connectivity index (χ0v) is 12.9. The van der Waals surface area contributed by atoms with Gasteiger partial charge in [0.2, 0.25) is 5.91 Å². The summed E-state index contributed by atoms with van der Waals surface area (Å²) in [6.45, 7) is 3.43. The first-order chi connectivity index (χ1) is 11.3. The van der Waals surface area contributed by atoms with Gasteiger partial charge < -0.3 is 25.1 Å². The maximum absolute atomic E-state index is 12.0. The maximum atomic E-state index is 12.0. The normalized spacial score (nSPS) is 19.9. The Morgan fingerprint density at radius 3 is 2.91 bits per heavy atom. The van der Waals surface area contributed by atoms with Crippen molar-refractivity contribution in [2.75, 3.05) is 32.8 Å². The van der Waals surface area contributed by atoms with Gasteiger partial charge in [-0.15, -0.1) is 0 Å². The Bertz CT molecular complexity index is 678. The lowest BCUT2D eigenvalue weighted by molar-refractivity contribution is -0.124. The Hall–Kier alpha value is -2.28. The third kappa shape index (κ3) is 2.96. The Labute approximate surface area is 133 Å². The fourth-order valence-electron chi connectivity index (χ4n) is 3.04. The lowest BCUT2D eigenvalue weighted by Crippen LogP contribution is -2.33. The number of imidazole rings is 1. The van der Waals surface area contributed by atoms with Crippen molar-refractivity contribution in [3.8, 4) is 11.5 Å². The van der Waals surface area contributed by atoms with Crippen molar-refractivity contribution >= 4 is 16.9 Å². The number of ether oxygens (including phenoxy) is 2. The Balaban J connectivity index is 1.40. The predicted octanol–water partition coefficient (Wildman–Crippen LogP) is 0.602. The number of H-pyrrole nitrogens is 1. The van der Waals surface area contributed by atoms with Crippen LogP contribution in [-0.2, 0) is 11.2 Å². The highest BCUT2D eigenvalue weighted by atomic mass is 16.6. The summed E-state index contributed by atoms with van der Waals surface area (Å²) < 4.78 is 11.1. The van der Waals surface area contributed by atoms with Gasteiger partial charge in [-0.05, 0) is 13.0 Å². The van der Waals surface area contributed by atoms with Gasteiger partial charge in [-0.1, -0.05) is 0 Å². The molecule has 1 aromatic heterocycles. The van der Waals surface area contributed by atoms with Crippen LogP contribution in [0.5, 0.6) is 11.5 Å². The van der Waals surface area contributed by atoms with Gasteiger partial charge in [0.15, 0.2) is 11.5 Å². The largest absolute Gasteiger partial charge is 0.486 e. The monoisotopic (exact) mass is 316 g/mol. The van der Waals surface area contributed by atoms with Crippen LogP contribution < -0.4 is 20.1 Å². The molecule has 0 saturated carbocycles. The van der Waals surface area contributed by atoms with E-state index in [9.17, 15) is 4.79 Å². The quantitative estimate of drug-likeness (QED) is 0.769. The standard InChI is InChI=1S/C16H20N4O3/c21-16(10-1-3-17-9-10)18-4-2-15-19-11-7-13-14(8-12(11)20-15)23-6-5-22-13/h7-8,10,17H,1-6,9H2,(H,18,21)(H,19,20)/t10-/m1/s1. The van der Waals surface area contributed by atoms with Gasteiger partial charge >= 0.3 is 0 Å². The number of benzene rings is 1. The zero-order valence-electron chi connectivity index (χ0n) is 12.9. The lowest BCUT2D eigenvalue weighted by Gasteiger charge is -2.17. The highest BCUT2D eigenvalue weighted by Crippen LogP contribution is 2.33. The Morgan fingerprint density at radius 1 is 1.30 bits per heavy atom. The van der Waals surface area contributed by atoms with E-state index in [0.717, 1.165) is 47.9 Å². The van der Waals surface area contributed by atoms with Crippen molar-refractivity contribution in [3.05, 3.63) is 18.0 Å². The second kappa shape index (κ2) is 6.08. The molecule has 1 aromatic carbocycles. The van der Waals surface area contributed by atoms with Crippen LogP contribution in [0.2, 0.25) is 0 Å². The first-order valence-electron chi connectivity index (χ1n) is 8.06. The molecule has 7 nitrogen and oxygen atoms in total. The average Bonchev–Trinajstić information content (AvgIpc) is 3.21. The molecule has 23 heavy (non-hydrogen) atoms. The molecule has 0 aliphatic carbocycles. The van der Waals surface area contributed by atoms with Gasteiger partial charge in [0.25, 0.3) is 0 Å². The molecule has 2 aliphatic heterocycles. The third-order valence-electron chi connectivity index (χ3n) is 4.29. The van der Waals surface area contributed by atoms with Gasteiger partial charge in [0.05, 0.1) is 17.0 Å². The molecule has 4 rings (SSSR count). The minimum atomic E-state index is 0.103.